The molecular weight excluding hydrogens is 278 g/mol. The summed E-state index contributed by atoms with van der Waals surface area (Å²) in [5.74, 6) is -0.215. The van der Waals surface area contributed by atoms with Gasteiger partial charge in [-0.3, -0.25) is 9.78 Å². The van der Waals surface area contributed by atoms with Gasteiger partial charge in [-0.05, 0) is 35.7 Å². The molecule has 2 unspecified atom stereocenters. The zero-order valence-corrected chi connectivity index (χ0v) is 12.8. The molecule has 1 aromatic carbocycles. The molecule has 5 nitrogen and oxygen atoms in total. The summed E-state index contributed by atoms with van der Waals surface area (Å²) >= 11 is 0. The van der Waals surface area contributed by atoms with Gasteiger partial charge in [0, 0.05) is 19.5 Å². The van der Waals surface area contributed by atoms with Crippen LogP contribution in [0.2, 0.25) is 0 Å². The van der Waals surface area contributed by atoms with E-state index in [0.29, 0.717) is 0 Å². The van der Waals surface area contributed by atoms with Crippen molar-refractivity contribution in [1.82, 2.24) is 10.3 Å². The number of rotatable bonds is 6. The highest BCUT2D eigenvalue weighted by molar-refractivity contribution is 5.82. The van der Waals surface area contributed by atoms with E-state index in [1.807, 2.05) is 43.3 Å². The Morgan fingerprint density at radius 3 is 2.36 bits per heavy atom. The predicted molar refractivity (Wildman–Crippen MR) is 86.1 cm³/mol. The van der Waals surface area contributed by atoms with Crippen LogP contribution in [-0.4, -0.2) is 30.6 Å². The molecule has 2 atom stereocenters. The lowest BCUT2D eigenvalue weighted by Crippen LogP contribution is -2.44. The van der Waals surface area contributed by atoms with Crippen molar-refractivity contribution in [2.75, 3.05) is 13.7 Å². The Kier molecular flexibility index (Phi) is 5.63. The van der Waals surface area contributed by atoms with E-state index in [2.05, 4.69) is 10.3 Å². The molecule has 0 radical (unpaired) electrons. The molecule has 5 heteroatoms. The van der Waals surface area contributed by atoms with Gasteiger partial charge in [0.1, 0.15) is 6.04 Å². The Hall–Kier alpha value is -2.24. The summed E-state index contributed by atoms with van der Waals surface area (Å²) in [6.45, 7) is 2.14. The molecule has 3 N–H and O–H groups in total. The molecule has 1 heterocycles. The number of nitrogens with zero attached hydrogens (tertiary/aromatic N) is 1. The summed E-state index contributed by atoms with van der Waals surface area (Å²) in [5.41, 5.74) is 8.96. The average molecular weight is 299 g/mol. The molecule has 0 aliphatic heterocycles. The SMILES string of the molecule is COCC(N)C(=O)NC(C)c1ccc(-c2ccncc2)cc1. The van der Waals surface area contributed by atoms with Gasteiger partial charge in [0.15, 0.2) is 0 Å². The van der Waals surface area contributed by atoms with E-state index in [-0.39, 0.29) is 18.6 Å². The van der Waals surface area contributed by atoms with E-state index in [9.17, 15) is 4.79 Å². The molecule has 0 spiro atoms. The first-order valence-corrected chi connectivity index (χ1v) is 7.17. The quantitative estimate of drug-likeness (QED) is 0.854. The Morgan fingerprint density at radius 1 is 1.18 bits per heavy atom. The maximum Gasteiger partial charge on any atom is 0.239 e. The number of nitrogens with two attached hydrogens (primary N) is 1. The van der Waals surface area contributed by atoms with Gasteiger partial charge in [-0.25, -0.2) is 0 Å². The van der Waals surface area contributed by atoms with Crippen LogP contribution in [0, 0.1) is 0 Å². The maximum absolute atomic E-state index is 11.9. The summed E-state index contributed by atoms with van der Waals surface area (Å²) in [6.07, 6.45) is 3.53. The molecule has 0 aliphatic rings. The molecule has 2 rings (SSSR count). The van der Waals surface area contributed by atoms with Gasteiger partial charge >= 0.3 is 0 Å². The number of carbonyl (C=O) groups excluding carboxylic acids is 1. The van der Waals surface area contributed by atoms with Crippen molar-refractivity contribution >= 4 is 5.91 Å². The van der Waals surface area contributed by atoms with Crippen LogP contribution in [0.1, 0.15) is 18.5 Å². The number of methoxy groups -OCH3 is 1. The first-order chi connectivity index (χ1) is 10.6. The monoisotopic (exact) mass is 299 g/mol. The molecule has 0 saturated carbocycles. The lowest BCUT2D eigenvalue weighted by atomic mass is 10.0. The fourth-order valence-corrected chi connectivity index (χ4v) is 2.17. The summed E-state index contributed by atoms with van der Waals surface area (Å²) < 4.78 is 4.89. The largest absolute Gasteiger partial charge is 0.383 e. The van der Waals surface area contributed by atoms with Crippen LogP contribution in [0.25, 0.3) is 11.1 Å². The molecule has 0 saturated heterocycles. The van der Waals surface area contributed by atoms with Crippen LogP contribution in [0.4, 0.5) is 0 Å². The van der Waals surface area contributed by atoms with E-state index in [1.54, 1.807) is 12.4 Å². The van der Waals surface area contributed by atoms with Crippen LogP contribution >= 0.6 is 0 Å². The summed E-state index contributed by atoms with van der Waals surface area (Å²) in [4.78, 5) is 15.9. The minimum Gasteiger partial charge on any atom is -0.383 e. The highest BCUT2D eigenvalue weighted by Crippen LogP contribution is 2.21. The van der Waals surface area contributed by atoms with E-state index in [1.165, 1.54) is 7.11 Å². The summed E-state index contributed by atoms with van der Waals surface area (Å²) in [5, 5.41) is 2.89. The van der Waals surface area contributed by atoms with Crippen LogP contribution < -0.4 is 11.1 Å². The third kappa shape index (κ3) is 4.13. The number of hydrogen-bond donors (Lipinski definition) is 2. The van der Waals surface area contributed by atoms with Gasteiger partial charge in [0.2, 0.25) is 5.91 Å². The van der Waals surface area contributed by atoms with Gasteiger partial charge in [-0.2, -0.15) is 0 Å². The number of benzene rings is 1. The lowest BCUT2D eigenvalue weighted by Gasteiger charge is -2.17. The van der Waals surface area contributed by atoms with Gasteiger partial charge < -0.3 is 15.8 Å². The lowest BCUT2D eigenvalue weighted by molar-refractivity contribution is -0.124. The summed E-state index contributed by atoms with van der Waals surface area (Å²) in [7, 11) is 1.52. The molecule has 0 aliphatic carbocycles. The topological polar surface area (TPSA) is 77.2 Å². The van der Waals surface area contributed by atoms with Crippen molar-refractivity contribution in [3.8, 4) is 11.1 Å². The second kappa shape index (κ2) is 7.68. The van der Waals surface area contributed by atoms with Gasteiger partial charge in [-0.15, -0.1) is 0 Å². The molecule has 22 heavy (non-hydrogen) atoms. The summed E-state index contributed by atoms with van der Waals surface area (Å²) in [6, 6.07) is 11.2. The highest BCUT2D eigenvalue weighted by atomic mass is 16.5. The van der Waals surface area contributed by atoms with Crippen molar-refractivity contribution in [2.24, 2.45) is 5.73 Å². The number of pyridine rings is 1. The normalized spacial score (nSPS) is 13.4. The van der Waals surface area contributed by atoms with Crippen LogP contribution in [-0.2, 0) is 9.53 Å². The first kappa shape index (κ1) is 16.1. The number of aromatic nitrogens is 1. The van der Waals surface area contributed by atoms with Crippen LogP contribution in [0.5, 0.6) is 0 Å². The average Bonchev–Trinajstić information content (AvgIpc) is 2.56. The second-order valence-corrected chi connectivity index (χ2v) is 5.15. The number of hydrogen-bond acceptors (Lipinski definition) is 4. The van der Waals surface area contributed by atoms with E-state index < -0.39 is 6.04 Å². The second-order valence-electron chi connectivity index (χ2n) is 5.15. The standard InChI is InChI=1S/C17H21N3O2/c1-12(20-17(21)16(18)11-22-2)13-3-5-14(6-4-13)15-7-9-19-10-8-15/h3-10,12,16H,11,18H2,1-2H3,(H,20,21). The Morgan fingerprint density at radius 2 is 1.77 bits per heavy atom. The van der Waals surface area contributed by atoms with Gasteiger partial charge in [0.25, 0.3) is 0 Å². The minimum atomic E-state index is -0.649. The molecule has 2 aromatic rings. The van der Waals surface area contributed by atoms with Crippen molar-refractivity contribution in [1.29, 1.82) is 0 Å². The number of ether oxygens (including phenoxy) is 1. The van der Waals surface area contributed by atoms with Crippen LogP contribution in [0.15, 0.2) is 48.8 Å². The molecular formula is C17H21N3O2. The minimum absolute atomic E-state index is 0.109. The molecule has 0 bridgehead atoms. The zero-order valence-electron chi connectivity index (χ0n) is 12.8. The molecule has 0 fully saturated rings. The Labute approximate surface area is 130 Å². The first-order valence-electron chi connectivity index (χ1n) is 7.17. The third-order valence-electron chi connectivity index (χ3n) is 3.47. The van der Waals surface area contributed by atoms with Crippen LogP contribution in [0.3, 0.4) is 0 Å². The highest BCUT2D eigenvalue weighted by Gasteiger charge is 2.16. The molecule has 1 aromatic heterocycles. The van der Waals surface area contributed by atoms with Gasteiger partial charge in [-0.1, -0.05) is 24.3 Å². The maximum atomic E-state index is 11.9. The van der Waals surface area contributed by atoms with Gasteiger partial charge in [0.05, 0.1) is 12.6 Å². The zero-order chi connectivity index (χ0) is 15.9. The molecule has 116 valence electrons. The number of carbonyl (C=O) groups is 1. The van der Waals surface area contributed by atoms with Crippen molar-refractivity contribution < 1.29 is 9.53 Å². The predicted octanol–water partition coefficient (Wildman–Crippen LogP) is 1.90. The molecule has 1 amide bonds. The fourth-order valence-electron chi connectivity index (χ4n) is 2.17. The van der Waals surface area contributed by atoms with E-state index in [4.69, 9.17) is 10.5 Å². The smallest absolute Gasteiger partial charge is 0.239 e. The number of amides is 1. The number of nitrogens with one attached hydrogen (secondary N) is 1. The van der Waals surface area contributed by atoms with E-state index in [0.717, 1.165) is 16.7 Å². The van der Waals surface area contributed by atoms with Crippen molar-refractivity contribution in [2.45, 2.75) is 19.0 Å². The van der Waals surface area contributed by atoms with Crippen molar-refractivity contribution in [3.63, 3.8) is 0 Å². The van der Waals surface area contributed by atoms with E-state index >= 15 is 0 Å². The third-order valence-corrected chi connectivity index (χ3v) is 3.47. The Balaban J connectivity index is 2.02. The van der Waals surface area contributed by atoms with Crippen molar-refractivity contribution in [3.05, 3.63) is 54.4 Å². The fraction of sp³-hybridized carbons (Fsp3) is 0.294. The Bertz CT molecular complexity index is 599.